The number of carbonyl (C=O) groups excluding carboxylic acids is 1. The summed E-state index contributed by atoms with van der Waals surface area (Å²) in [6.45, 7) is 6.56. The highest BCUT2D eigenvalue weighted by Gasteiger charge is 2.20. The minimum atomic E-state index is -0.217. The first kappa shape index (κ1) is 14.0. The fourth-order valence-electron chi connectivity index (χ4n) is 1.96. The summed E-state index contributed by atoms with van der Waals surface area (Å²) in [6, 6.07) is 5.96. The van der Waals surface area contributed by atoms with Crippen LogP contribution in [-0.4, -0.2) is 42.1 Å². The van der Waals surface area contributed by atoms with Crippen molar-refractivity contribution in [2.24, 2.45) is 0 Å². The Morgan fingerprint density at radius 1 is 1.32 bits per heavy atom. The molecule has 1 saturated heterocycles. The van der Waals surface area contributed by atoms with Gasteiger partial charge >= 0.3 is 0 Å². The average Bonchev–Trinajstić information content (AvgIpc) is 2.43. The summed E-state index contributed by atoms with van der Waals surface area (Å²) >= 11 is 5.23. The van der Waals surface area contributed by atoms with Gasteiger partial charge in [0.25, 0.3) is 5.91 Å². The van der Waals surface area contributed by atoms with E-state index in [1.54, 1.807) is 0 Å². The van der Waals surface area contributed by atoms with Crippen LogP contribution in [-0.2, 0) is 9.53 Å². The molecule has 2 rings (SSSR count). The number of ether oxygens (including phenoxy) is 1. The van der Waals surface area contributed by atoms with Crippen molar-refractivity contribution in [3.8, 4) is 0 Å². The second-order valence-corrected chi connectivity index (χ2v) is 5.06. The molecule has 1 aromatic carbocycles. The lowest BCUT2D eigenvalue weighted by Crippen LogP contribution is -2.44. The van der Waals surface area contributed by atoms with Crippen molar-refractivity contribution in [3.05, 3.63) is 29.3 Å². The van der Waals surface area contributed by atoms with Gasteiger partial charge in [0.05, 0.1) is 13.2 Å². The van der Waals surface area contributed by atoms with Crippen LogP contribution in [0.15, 0.2) is 18.2 Å². The SMILES string of the molecule is Cc1ccc(C)c(NC(=O)C(=S)N2CCOCC2)c1. The Bertz CT molecular complexity index is 496. The molecule has 0 atom stereocenters. The van der Waals surface area contributed by atoms with Crippen molar-refractivity contribution < 1.29 is 9.53 Å². The van der Waals surface area contributed by atoms with E-state index in [4.69, 9.17) is 17.0 Å². The van der Waals surface area contributed by atoms with E-state index < -0.39 is 0 Å². The van der Waals surface area contributed by atoms with Gasteiger partial charge in [-0.05, 0) is 31.0 Å². The molecule has 1 N–H and O–H groups in total. The Kier molecular flexibility index (Phi) is 4.50. The van der Waals surface area contributed by atoms with Gasteiger partial charge in [-0.3, -0.25) is 4.79 Å². The van der Waals surface area contributed by atoms with Crippen LogP contribution in [0.3, 0.4) is 0 Å². The molecule has 0 saturated carbocycles. The second-order valence-electron chi connectivity index (χ2n) is 4.68. The van der Waals surface area contributed by atoms with Gasteiger partial charge in [0.1, 0.15) is 0 Å². The first-order valence-electron chi connectivity index (χ1n) is 6.33. The predicted octanol–water partition coefficient (Wildman–Crippen LogP) is 1.90. The van der Waals surface area contributed by atoms with Gasteiger partial charge in [-0.1, -0.05) is 24.4 Å². The van der Waals surface area contributed by atoms with E-state index >= 15 is 0 Å². The number of nitrogens with one attached hydrogen (secondary N) is 1. The van der Waals surface area contributed by atoms with Gasteiger partial charge < -0.3 is 15.0 Å². The zero-order valence-corrected chi connectivity index (χ0v) is 12.0. The number of anilines is 1. The molecule has 0 spiro atoms. The van der Waals surface area contributed by atoms with E-state index in [1.807, 2.05) is 36.9 Å². The summed E-state index contributed by atoms with van der Waals surface area (Å²) in [5.41, 5.74) is 2.96. The van der Waals surface area contributed by atoms with E-state index in [0.29, 0.717) is 31.3 Å². The van der Waals surface area contributed by atoms with Crippen LogP contribution >= 0.6 is 12.2 Å². The van der Waals surface area contributed by atoms with Gasteiger partial charge in [0, 0.05) is 18.8 Å². The van der Waals surface area contributed by atoms with E-state index in [9.17, 15) is 4.79 Å². The quantitative estimate of drug-likeness (QED) is 0.797. The van der Waals surface area contributed by atoms with Crippen LogP contribution in [0.4, 0.5) is 5.69 Å². The number of carbonyl (C=O) groups is 1. The van der Waals surface area contributed by atoms with Crippen molar-refractivity contribution >= 4 is 28.8 Å². The van der Waals surface area contributed by atoms with Gasteiger partial charge in [-0.15, -0.1) is 0 Å². The van der Waals surface area contributed by atoms with Crippen LogP contribution in [0.2, 0.25) is 0 Å². The third kappa shape index (κ3) is 3.52. The maximum atomic E-state index is 12.1. The standard InChI is InChI=1S/C14H18N2O2S/c1-10-3-4-11(2)12(9-10)15-13(17)14(19)16-5-7-18-8-6-16/h3-4,9H,5-8H2,1-2H3,(H,15,17). The predicted molar refractivity (Wildman–Crippen MR) is 79.5 cm³/mol. The molecule has 1 aliphatic heterocycles. The number of benzene rings is 1. The number of thiocarbonyl (C=S) groups is 1. The zero-order chi connectivity index (χ0) is 13.8. The molecule has 1 aliphatic rings. The Morgan fingerprint density at radius 2 is 2.00 bits per heavy atom. The monoisotopic (exact) mass is 278 g/mol. The van der Waals surface area contributed by atoms with Gasteiger partial charge in [0.2, 0.25) is 0 Å². The average molecular weight is 278 g/mol. The van der Waals surface area contributed by atoms with Crippen LogP contribution in [0.1, 0.15) is 11.1 Å². The van der Waals surface area contributed by atoms with E-state index in [-0.39, 0.29) is 5.91 Å². The lowest BCUT2D eigenvalue weighted by Gasteiger charge is -2.28. The normalized spacial score (nSPS) is 15.2. The van der Waals surface area contributed by atoms with Crippen molar-refractivity contribution in [1.82, 2.24) is 4.90 Å². The second kappa shape index (κ2) is 6.12. The lowest BCUT2D eigenvalue weighted by atomic mass is 10.1. The van der Waals surface area contributed by atoms with E-state index in [2.05, 4.69) is 5.32 Å². The van der Waals surface area contributed by atoms with Crippen molar-refractivity contribution in [3.63, 3.8) is 0 Å². The summed E-state index contributed by atoms with van der Waals surface area (Å²) in [4.78, 5) is 14.4. The Hall–Kier alpha value is -1.46. The fraction of sp³-hybridized carbons (Fsp3) is 0.429. The van der Waals surface area contributed by atoms with Crippen LogP contribution < -0.4 is 5.32 Å². The molecule has 0 unspecified atom stereocenters. The number of amides is 1. The molecule has 1 amide bonds. The highest BCUT2D eigenvalue weighted by Crippen LogP contribution is 2.16. The summed E-state index contributed by atoms with van der Waals surface area (Å²) in [6.07, 6.45) is 0. The minimum absolute atomic E-state index is 0.217. The van der Waals surface area contributed by atoms with Crippen molar-refractivity contribution in [2.45, 2.75) is 13.8 Å². The number of morpholine rings is 1. The zero-order valence-electron chi connectivity index (χ0n) is 11.2. The number of hydrogen-bond donors (Lipinski definition) is 1. The highest BCUT2D eigenvalue weighted by molar-refractivity contribution is 7.82. The van der Waals surface area contributed by atoms with E-state index in [0.717, 1.165) is 16.8 Å². The molecule has 5 heteroatoms. The number of hydrogen-bond acceptors (Lipinski definition) is 3. The van der Waals surface area contributed by atoms with Crippen LogP contribution in [0.5, 0.6) is 0 Å². The Labute approximate surface area is 118 Å². The first-order valence-corrected chi connectivity index (χ1v) is 6.74. The van der Waals surface area contributed by atoms with Crippen molar-refractivity contribution in [1.29, 1.82) is 0 Å². The number of rotatable bonds is 1. The molecule has 0 aliphatic carbocycles. The molecule has 102 valence electrons. The molecule has 0 aromatic heterocycles. The topological polar surface area (TPSA) is 41.6 Å². The largest absolute Gasteiger partial charge is 0.378 e. The maximum Gasteiger partial charge on any atom is 0.283 e. The summed E-state index contributed by atoms with van der Waals surface area (Å²) < 4.78 is 5.25. The number of aryl methyl sites for hydroxylation is 2. The molecule has 1 heterocycles. The summed E-state index contributed by atoms with van der Waals surface area (Å²) in [5, 5.41) is 2.89. The number of nitrogens with zero attached hydrogens (tertiary/aromatic N) is 1. The molecule has 19 heavy (non-hydrogen) atoms. The molecular formula is C14H18N2O2S. The molecule has 1 fully saturated rings. The fourth-order valence-corrected chi connectivity index (χ4v) is 2.19. The van der Waals surface area contributed by atoms with Gasteiger partial charge in [0.15, 0.2) is 4.99 Å². The highest BCUT2D eigenvalue weighted by atomic mass is 32.1. The first-order chi connectivity index (χ1) is 9.08. The maximum absolute atomic E-state index is 12.1. The van der Waals surface area contributed by atoms with Crippen LogP contribution in [0.25, 0.3) is 0 Å². The molecule has 4 nitrogen and oxygen atoms in total. The summed E-state index contributed by atoms with van der Waals surface area (Å²) in [5.74, 6) is -0.217. The van der Waals surface area contributed by atoms with E-state index in [1.165, 1.54) is 0 Å². The summed E-state index contributed by atoms with van der Waals surface area (Å²) in [7, 11) is 0. The lowest BCUT2D eigenvalue weighted by molar-refractivity contribution is -0.111. The van der Waals surface area contributed by atoms with Crippen LogP contribution in [0, 0.1) is 13.8 Å². The molecule has 0 bridgehead atoms. The van der Waals surface area contributed by atoms with Gasteiger partial charge in [-0.2, -0.15) is 0 Å². The Balaban J connectivity index is 2.03. The molecule has 0 radical (unpaired) electrons. The van der Waals surface area contributed by atoms with Gasteiger partial charge in [-0.25, -0.2) is 0 Å². The molecular weight excluding hydrogens is 260 g/mol. The van der Waals surface area contributed by atoms with Crippen molar-refractivity contribution in [2.75, 3.05) is 31.6 Å². The minimum Gasteiger partial charge on any atom is -0.378 e. The molecule has 1 aromatic rings. The third-order valence-electron chi connectivity index (χ3n) is 3.13. The Morgan fingerprint density at radius 3 is 2.68 bits per heavy atom. The third-order valence-corrected chi connectivity index (χ3v) is 3.58. The smallest absolute Gasteiger partial charge is 0.283 e.